The van der Waals surface area contributed by atoms with E-state index >= 15 is 0 Å². The van der Waals surface area contributed by atoms with Crippen molar-refractivity contribution in [3.63, 3.8) is 0 Å². The molecule has 0 radical (unpaired) electrons. The number of Topliss-reactive ketones (excluding diaryl/α,β-unsaturated/α-hetero) is 2. The molecule has 5 aliphatic carbocycles. The quantitative estimate of drug-likeness (QED) is 0.485. The van der Waals surface area contributed by atoms with E-state index in [1.54, 1.807) is 0 Å². The summed E-state index contributed by atoms with van der Waals surface area (Å²) in [7, 11) is 0. The van der Waals surface area contributed by atoms with Crippen molar-refractivity contribution in [3.8, 4) is 6.07 Å². The minimum absolute atomic E-state index is 0.0484. The van der Waals surface area contributed by atoms with Crippen LogP contribution >= 0.6 is 0 Å². The molecule has 6 fully saturated rings. The first-order chi connectivity index (χ1) is 14.2. The van der Waals surface area contributed by atoms with Gasteiger partial charge in [-0.3, -0.25) is 14.4 Å². The summed E-state index contributed by atoms with van der Waals surface area (Å²) in [5, 5.41) is 21.8. The third kappa shape index (κ3) is 1.70. The molecule has 0 amide bonds. The predicted molar refractivity (Wildman–Crippen MR) is 103 cm³/mol. The molecular formula is C24H29NO5. The van der Waals surface area contributed by atoms with E-state index in [4.69, 9.17) is 4.74 Å². The SMILES string of the molecule is C[C@]12C[C@@H](O)[C@H]3[C@@H](C[C@H]4C(=O)[C@@H]5C(=O)CC[C@@]3(C)[C@@]54C#N)[C@@H]1CC[C@@]21CCC(=O)O1. The fraction of sp³-hybridized carbons (Fsp3) is 0.833. The van der Waals surface area contributed by atoms with E-state index in [0.717, 1.165) is 12.8 Å². The Morgan fingerprint density at radius 2 is 1.87 bits per heavy atom. The zero-order valence-corrected chi connectivity index (χ0v) is 17.6. The van der Waals surface area contributed by atoms with Crippen LogP contribution in [0.25, 0.3) is 0 Å². The molecule has 0 aromatic rings. The Kier molecular flexibility index (Phi) is 3.39. The number of hydrogen-bond acceptors (Lipinski definition) is 6. The van der Waals surface area contributed by atoms with E-state index in [0.29, 0.717) is 38.5 Å². The average Bonchev–Trinajstić information content (AvgIpc) is 3.21. The van der Waals surface area contributed by atoms with E-state index in [9.17, 15) is 24.8 Å². The van der Waals surface area contributed by atoms with Gasteiger partial charge in [-0.05, 0) is 61.7 Å². The number of ketones is 2. The van der Waals surface area contributed by atoms with Crippen LogP contribution in [-0.4, -0.2) is 34.3 Å². The van der Waals surface area contributed by atoms with E-state index in [1.165, 1.54) is 0 Å². The Hall–Kier alpha value is -1.74. The Bertz CT molecular complexity index is 938. The molecule has 1 N–H and O–H groups in total. The zero-order valence-electron chi connectivity index (χ0n) is 17.6. The van der Waals surface area contributed by atoms with E-state index < -0.39 is 34.4 Å². The third-order valence-corrected chi connectivity index (χ3v) is 11.0. The lowest BCUT2D eigenvalue weighted by molar-refractivity contribution is -0.249. The summed E-state index contributed by atoms with van der Waals surface area (Å²) < 4.78 is 5.94. The van der Waals surface area contributed by atoms with Gasteiger partial charge < -0.3 is 9.84 Å². The second kappa shape index (κ2) is 5.35. The molecule has 6 heteroatoms. The van der Waals surface area contributed by atoms with Gasteiger partial charge in [-0.1, -0.05) is 13.8 Å². The highest BCUT2D eigenvalue weighted by atomic mass is 16.6. The molecule has 6 nitrogen and oxygen atoms in total. The van der Waals surface area contributed by atoms with Crippen molar-refractivity contribution in [3.05, 3.63) is 0 Å². The Morgan fingerprint density at radius 1 is 1.10 bits per heavy atom. The van der Waals surface area contributed by atoms with Gasteiger partial charge >= 0.3 is 5.97 Å². The molecule has 0 aromatic carbocycles. The molecule has 10 atom stereocenters. The maximum atomic E-state index is 13.0. The summed E-state index contributed by atoms with van der Waals surface area (Å²) in [6.45, 7) is 4.24. The van der Waals surface area contributed by atoms with Gasteiger partial charge in [0.05, 0.1) is 23.5 Å². The van der Waals surface area contributed by atoms with Gasteiger partial charge in [0.15, 0.2) is 0 Å². The molecule has 0 bridgehead atoms. The van der Waals surface area contributed by atoms with Crippen molar-refractivity contribution >= 4 is 17.5 Å². The number of hydrogen-bond donors (Lipinski definition) is 1. The number of rotatable bonds is 0. The first-order valence-corrected chi connectivity index (χ1v) is 11.5. The van der Waals surface area contributed by atoms with Crippen LogP contribution in [0.2, 0.25) is 0 Å². The summed E-state index contributed by atoms with van der Waals surface area (Å²) in [6.07, 6.45) is 4.30. The number of nitriles is 1. The number of esters is 1. The maximum Gasteiger partial charge on any atom is 0.306 e. The number of carbonyl (C=O) groups excluding carboxylic acids is 3. The zero-order chi connectivity index (χ0) is 21.3. The Balaban J connectivity index is 1.46. The Morgan fingerprint density at radius 3 is 2.53 bits per heavy atom. The molecule has 1 saturated heterocycles. The molecular weight excluding hydrogens is 382 g/mol. The Labute approximate surface area is 176 Å². The van der Waals surface area contributed by atoms with E-state index in [1.807, 2.05) is 0 Å². The lowest BCUT2D eigenvalue weighted by atomic mass is 9.29. The summed E-state index contributed by atoms with van der Waals surface area (Å²) in [4.78, 5) is 37.7. The molecule has 30 heavy (non-hydrogen) atoms. The molecule has 6 rings (SSSR count). The second-order valence-corrected chi connectivity index (χ2v) is 11.5. The average molecular weight is 411 g/mol. The predicted octanol–water partition coefficient (Wildman–Crippen LogP) is 2.57. The highest BCUT2D eigenvalue weighted by Gasteiger charge is 2.81. The van der Waals surface area contributed by atoms with E-state index in [2.05, 4.69) is 19.9 Å². The van der Waals surface area contributed by atoms with Gasteiger partial charge in [0.25, 0.3) is 0 Å². The molecule has 1 heterocycles. The van der Waals surface area contributed by atoms with Crippen LogP contribution in [0.1, 0.15) is 65.2 Å². The number of aliphatic hydroxyl groups is 1. The van der Waals surface area contributed by atoms with Crippen molar-refractivity contribution in [2.24, 2.45) is 45.8 Å². The standard InChI is InChI=1S/C24H29NO5/c1-21-6-4-15(26)19-20(29)14(24(19,21)11-25)9-12-13-3-7-23(8-5-17(28)30-23)22(13,2)10-16(27)18(12)21/h12-14,16,18-19,27H,3-10H2,1-2H3/t12-,13-,14-,16+,18+,19-,21+,22-,23+,24+/m0/s1. The van der Waals surface area contributed by atoms with Crippen LogP contribution in [0.4, 0.5) is 0 Å². The lowest BCUT2D eigenvalue weighted by Gasteiger charge is -2.71. The van der Waals surface area contributed by atoms with Gasteiger partial charge in [0, 0.05) is 24.2 Å². The molecule has 160 valence electrons. The number of ether oxygens (including phenoxy) is 1. The molecule has 1 spiro atoms. The summed E-state index contributed by atoms with van der Waals surface area (Å²) in [5.41, 5.74) is -2.30. The maximum absolute atomic E-state index is 13.0. The smallest absolute Gasteiger partial charge is 0.306 e. The molecule has 6 aliphatic rings. The molecule has 5 saturated carbocycles. The van der Waals surface area contributed by atoms with Gasteiger partial charge in [0.1, 0.15) is 17.2 Å². The van der Waals surface area contributed by atoms with Gasteiger partial charge in [-0.2, -0.15) is 5.26 Å². The summed E-state index contributed by atoms with van der Waals surface area (Å²) in [5.74, 6) is -1.19. The fourth-order valence-electron chi connectivity index (χ4n) is 9.78. The third-order valence-electron chi connectivity index (χ3n) is 11.0. The van der Waals surface area contributed by atoms with E-state index in [-0.39, 0.29) is 40.7 Å². The summed E-state index contributed by atoms with van der Waals surface area (Å²) >= 11 is 0. The number of carbonyl (C=O) groups is 3. The van der Waals surface area contributed by atoms with Crippen LogP contribution in [-0.2, 0) is 19.1 Å². The fourth-order valence-corrected chi connectivity index (χ4v) is 9.78. The normalized spacial score (nSPS) is 58.4. The second-order valence-electron chi connectivity index (χ2n) is 11.5. The minimum Gasteiger partial charge on any atom is -0.458 e. The highest BCUT2D eigenvalue weighted by molar-refractivity contribution is 6.11. The molecule has 1 aliphatic heterocycles. The number of fused-ring (bicyclic) bond motifs is 5. The molecule has 0 aromatic heterocycles. The van der Waals surface area contributed by atoms with Gasteiger partial charge in [0.2, 0.25) is 0 Å². The summed E-state index contributed by atoms with van der Waals surface area (Å²) in [6, 6.07) is 2.48. The first-order valence-electron chi connectivity index (χ1n) is 11.5. The van der Waals surface area contributed by atoms with Crippen LogP contribution in [0.3, 0.4) is 0 Å². The first kappa shape index (κ1) is 19.0. The number of aliphatic hydroxyl groups excluding tert-OH is 1. The van der Waals surface area contributed by atoms with Crippen molar-refractivity contribution in [1.29, 1.82) is 5.26 Å². The van der Waals surface area contributed by atoms with Crippen molar-refractivity contribution in [2.45, 2.75) is 76.9 Å². The van der Waals surface area contributed by atoms with Gasteiger partial charge in [-0.25, -0.2) is 0 Å². The topological polar surface area (TPSA) is 104 Å². The van der Waals surface area contributed by atoms with Crippen molar-refractivity contribution in [1.82, 2.24) is 0 Å². The molecule has 0 unspecified atom stereocenters. The van der Waals surface area contributed by atoms with Crippen LogP contribution < -0.4 is 0 Å². The lowest BCUT2D eigenvalue weighted by Crippen LogP contribution is -2.76. The highest BCUT2D eigenvalue weighted by Crippen LogP contribution is 2.77. The number of nitrogens with zero attached hydrogens (tertiary/aromatic N) is 1. The van der Waals surface area contributed by atoms with Crippen molar-refractivity contribution in [2.75, 3.05) is 0 Å². The van der Waals surface area contributed by atoms with Gasteiger partial charge in [-0.15, -0.1) is 0 Å². The largest absolute Gasteiger partial charge is 0.458 e. The minimum atomic E-state index is -0.953. The van der Waals surface area contributed by atoms with Crippen molar-refractivity contribution < 1.29 is 24.2 Å². The monoisotopic (exact) mass is 411 g/mol. The van der Waals surface area contributed by atoms with Crippen LogP contribution in [0, 0.1) is 57.2 Å². The van der Waals surface area contributed by atoms with Crippen LogP contribution in [0.15, 0.2) is 0 Å². The van der Waals surface area contributed by atoms with Crippen LogP contribution in [0.5, 0.6) is 0 Å².